The molecule has 4 aromatic heterocycles. The first-order valence-corrected chi connectivity index (χ1v) is 9.27. The molecule has 0 aliphatic rings. The van der Waals surface area contributed by atoms with E-state index < -0.39 is 5.82 Å². The molecular formula is C20H19FN8O. The minimum Gasteiger partial charge on any atom is -0.425 e. The van der Waals surface area contributed by atoms with Crippen molar-refractivity contribution < 1.29 is 9.13 Å². The maximum Gasteiger partial charge on any atom is 0.222 e. The van der Waals surface area contributed by atoms with E-state index in [-0.39, 0.29) is 17.5 Å². The molecule has 0 saturated heterocycles. The summed E-state index contributed by atoms with van der Waals surface area (Å²) in [6.07, 6.45) is 6.39. The number of hydrogen-bond donors (Lipinski definition) is 2. The van der Waals surface area contributed by atoms with Gasteiger partial charge in [0.25, 0.3) is 0 Å². The van der Waals surface area contributed by atoms with Crippen LogP contribution in [0.25, 0.3) is 22.7 Å². The van der Waals surface area contributed by atoms with Gasteiger partial charge in [-0.1, -0.05) is 0 Å². The molecule has 4 aromatic rings. The Hall–Kier alpha value is -3.95. The van der Waals surface area contributed by atoms with Crippen LogP contribution in [0.2, 0.25) is 0 Å². The molecule has 4 rings (SSSR count). The zero-order valence-corrected chi connectivity index (χ0v) is 16.4. The zero-order valence-electron chi connectivity index (χ0n) is 16.4. The summed E-state index contributed by atoms with van der Waals surface area (Å²) in [5.41, 5.74) is 1.88. The van der Waals surface area contributed by atoms with Crippen LogP contribution in [0.4, 0.5) is 4.39 Å². The lowest BCUT2D eigenvalue weighted by Crippen LogP contribution is -2.10. The van der Waals surface area contributed by atoms with Gasteiger partial charge in [-0.25, -0.2) is 24.3 Å². The quantitative estimate of drug-likeness (QED) is 0.390. The van der Waals surface area contributed by atoms with Crippen molar-refractivity contribution in [3.8, 4) is 11.5 Å². The first kappa shape index (κ1) is 19.4. The van der Waals surface area contributed by atoms with E-state index in [1.54, 1.807) is 23.0 Å². The van der Waals surface area contributed by atoms with E-state index in [9.17, 15) is 4.39 Å². The maximum atomic E-state index is 14.2. The summed E-state index contributed by atoms with van der Waals surface area (Å²) in [5, 5.41) is 15.3. The second-order valence-electron chi connectivity index (χ2n) is 6.54. The third kappa shape index (κ3) is 3.54. The fourth-order valence-electron chi connectivity index (χ4n) is 3.20. The predicted molar refractivity (Wildman–Crippen MR) is 109 cm³/mol. The normalized spacial score (nSPS) is 11.0. The van der Waals surface area contributed by atoms with Crippen molar-refractivity contribution in [1.82, 2.24) is 29.1 Å². The van der Waals surface area contributed by atoms with Gasteiger partial charge in [-0.3, -0.25) is 10.8 Å². The Balaban J connectivity index is 1.72. The number of halogens is 1. The first-order valence-electron chi connectivity index (χ1n) is 9.27. The van der Waals surface area contributed by atoms with Crippen molar-refractivity contribution in [2.24, 2.45) is 0 Å². The average Bonchev–Trinajstić information content (AvgIpc) is 3.31. The number of nitrogens with zero attached hydrogens (tertiary/aromatic N) is 6. The van der Waals surface area contributed by atoms with Crippen molar-refractivity contribution in [1.29, 1.82) is 10.8 Å². The number of imidazole rings is 2. The highest BCUT2D eigenvalue weighted by Gasteiger charge is 2.17. The fourth-order valence-corrected chi connectivity index (χ4v) is 3.20. The van der Waals surface area contributed by atoms with Gasteiger partial charge in [0.15, 0.2) is 23.2 Å². The van der Waals surface area contributed by atoms with E-state index in [4.69, 9.17) is 15.6 Å². The topological polar surface area (TPSA) is 118 Å². The van der Waals surface area contributed by atoms with Crippen LogP contribution in [-0.2, 0) is 17.8 Å². The van der Waals surface area contributed by atoms with Crippen LogP contribution < -0.4 is 0 Å². The molecule has 0 atom stereocenters. The van der Waals surface area contributed by atoms with Gasteiger partial charge in [-0.15, -0.1) is 0 Å². The van der Waals surface area contributed by atoms with Crippen LogP contribution in [0, 0.1) is 16.6 Å². The Morgan fingerprint density at radius 3 is 2.77 bits per heavy atom. The number of nitrogens with one attached hydrogen (secondary N) is 2. The van der Waals surface area contributed by atoms with E-state index >= 15 is 0 Å². The van der Waals surface area contributed by atoms with E-state index in [0.29, 0.717) is 41.5 Å². The van der Waals surface area contributed by atoms with Crippen LogP contribution in [0.1, 0.15) is 25.2 Å². The molecule has 152 valence electrons. The van der Waals surface area contributed by atoms with Gasteiger partial charge < -0.3 is 13.9 Å². The summed E-state index contributed by atoms with van der Waals surface area (Å²) in [5.74, 6) is 0.443. The van der Waals surface area contributed by atoms with Crippen LogP contribution in [0.3, 0.4) is 0 Å². The van der Waals surface area contributed by atoms with Crippen LogP contribution >= 0.6 is 0 Å². The molecule has 2 N–H and O–H groups in total. The van der Waals surface area contributed by atoms with Crippen LogP contribution in [0.5, 0.6) is 0 Å². The van der Waals surface area contributed by atoms with Crippen LogP contribution in [-0.4, -0.2) is 40.9 Å². The van der Waals surface area contributed by atoms with Gasteiger partial charge in [0, 0.05) is 38.3 Å². The second-order valence-corrected chi connectivity index (χ2v) is 6.54. The average molecular weight is 406 g/mol. The summed E-state index contributed by atoms with van der Waals surface area (Å²) in [6.45, 7) is 4.42. The van der Waals surface area contributed by atoms with Crippen molar-refractivity contribution in [3.05, 3.63) is 60.2 Å². The molecule has 0 bridgehead atoms. The Kier molecular flexibility index (Phi) is 5.05. The smallest absolute Gasteiger partial charge is 0.222 e. The zero-order chi connectivity index (χ0) is 21.3. The van der Waals surface area contributed by atoms with E-state index in [1.807, 2.05) is 11.5 Å². The standard InChI is InChI=1S/C20H19FN8O/c1-3-29-16(11-28-8-7-25-20(28)17-14(21)5-4-6-24-17)27-15-9-13(10-26-19(15)29)18(23)30-12(2)22/h4-10,22-23H,3,11H2,1-2H3. The molecule has 0 unspecified atom stereocenters. The Bertz CT molecular complexity index is 1260. The highest BCUT2D eigenvalue weighted by atomic mass is 19.1. The summed E-state index contributed by atoms with van der Waals surface area (Å²) in [6, 6.07) is 4.59. The number of hydrogen-bond acceptors (Lipinski definition) is 7. The van der Waals surface area contributed by atoms with Crippen molar-refractivity contribution in [2.75, 3.05) is 0 Å². The molecule has 9 nitrogen and oxygen atoms in total. The molecule has 0 spiro atoms. The van der Waals surface area contributed by atoms with Crippen molar-refractivity contribution >= 4 is 23.0 Å². The van der Waals surface area contributed by atoms with E-state index in [0.717, 1.165) is 0 Å². The molecule has 0 saturated carbocycles. The lowest BCUT2D eigenvalue weighted by atomic mass is 10.2. The molecule has 30 heavy (non-hydrogen) atoms. The summed E-state index contributed by atoms with van der Waals surface area (Å²) in [7, 11) is 0. The highest BCUT2D eigenvalue weighted by Crippen LogP contribution is 2.21. The Morgan fingerprint density at radius 2 is 2.03 bits per heavy atom. The van der Waals surface area contributed by atoms with Crippen LogP contribution in [0.15, 0.2) is 43.0 Å². The van der Waals surface area contributed by atoms with E-state index in [2.05, 4.69) is 19.9 Å². The third-order valence-electron chi connectivity index (χ3n) is 4.50. The lowest BCUT2D eigenvalue weighted by Gasteiger charge is -2.09. The molecule has 4 heterocycles. The van der Waals surface area contributed by atoms with Gasteiger partial charge in [-0.2, -0.15) is 0 Å². The largest absolute Gasteiger partial charge is 0.425 e. The summed E-state index contributed by atoms with van der Waals surface area (Å²) < 4.78 is 23.0. The third-order valence-corrected chi connectivity index (χ3v) is 4.50. The summed E-state index contributed by atoms with van der Waals surface area (Å²) in [4.78, 5) is 17.5. The number of ether oxygens (including phenoxy) is 1. The molecule has 0 amide bonds. The summed E-state index contributed by atoms with van der Waals surface area (Å²) >= 11 is 0. The number of rotatable bonds is 5. The van der Waals surface area contributed by atoms with E-state index in [1.165, 1.54) is 31.5 Å². The number of pyridine rings is 2. The van der Waals surface area contributed by atoms with Crippen molar-refractivity contribution in [2.45, 2.75) is 26.9 Å². The Morgan fingerprint density at radius 1 is 1.20 bits per heavy atom. The van der Waals surface area contributed by atoms with Gasteiger partial charge in [0.2, 0.25) is 5.90 Å². The minimum absolute atomic E-state index is 0.0748. The molecule has 0 aliphatic heterocycles. The van der Waals surface area contributed by atoms with Gasteiger partial charge in [-0.05, 0) is 25.1 Å². The predicted octanol–water partition coefficient (Wildman–Crippen LogP) is 3.24. The van der Waals surface area contributed by atoms with Gasteiger partial charge in [0.05, 0.1) is 12.1 Å². The van der Waals surface area contributed by atoms with Crippen molar-refractivity contribution in [3.63, 3.8) is 0 Å². The molecule has 10 heteroatoms. The number of aryl methyl sites for hydroxylation is 1. The Labute approximate surface area is 171 Å². The molecule has 0 aromatic carbocycles. The monoisotopic (exact) mass is 406 g/mol. The number of fused-ring (bicyclic) bond motifs is 1. The highest BCUT2D eigenvalue weighted by molar-refractivity contribution is 6.00. The SMILES string of the molecule is CCn1c(Cn2ccnc2-c2ncccc2F)nc2cc(C(=N)OC(C)=N)cnc21. The maximum absolute atomic E-state index is 14.2. The first-order chi connectivity index (χ1) is 14.5. The molecule has 0 fully saturated rings. The molecule has 0 aliphatic carbocycles. The fraction of sp³-hybridized carbons (Fsp3) is 0.200. The van der Waals surface area contributed by atoms with Gasteiger partial charge in [0.1, 0.15) is 17.0 Å². The second kappa shape index (κ2) is 7.82. The molecule has 0 radical (unpaired) electrons. The number of aromatic nitrogens is 6. The lowest BCUT2D eigenvalue weighted by molar-refractivity contribution is 0.532. The minimum atomic E-state index is -0.444. The van der Waals surface area contributed by atoms with Gasteiger partial charge >= 0.3 is 0 Å². The molecular weight excluding hydrogens is 387 g/mol.